The Morgan fingerprint density at radius 3 is 2.47 bits per heavy atom. The van der Waals surface area contributed by atoms with Crippen LogP contribution in [0.2, 0.25) is 0 Å². The van der Waals surface area contributed by atoms with Crippen molar-refractivity contribution in [3.8, 4) is 0 Å². The van der Waals surface area contributed by atoms with Gasteiger partial charge in [-0.05, 0) is 12.5 Å². The topological polar surface area (TPSA) is 51.8 Å². The fourth-order valence-electron chi connectivity index (χ4n) is 1.65. The molecule has 2 N–H and O–H groups in total. The van der Waals surface area contributed by atoms with Crippen LogP contribution in [0.25, 0.3) is 0 Å². The van der Waals surface area contributed by atoms with Crippen LogP contribution in [0, 0.1) is 6.92 Å². The van der Waals surface area contributed by atoms with Gasteiger partial charge in [-0.3, -0.25) is 0 Å². The minimum atomic E-state index is 0.291. The van der Waals surface area contributed by atoms with Crippen molar-refractivity contribution < 1.29 is 0 Å². The van der Waals surface area contributed by atoms with Crippen LogP contribution in [0.3, 0.4) is 0 Å². The van der Waals surface area contributed by atoms with Crippen LogP contribution in [-0.2, 0) is 5.75 Å². The molecule has 0 saturated heterocycles. The van der Waals surface area contributed by atoms with Gasteiger partial charge in [0.2, 0.25) is 0 Å². The maximum atomic E-state index is 5.96. The molecule has 100 valence electrons. The Morgan fingerprint density at radius 2 is 1.84 bits per heavy atom. The first-order valence-electron chi connectivity index (χ1n) is 6.38. The monoisotopic (exact) mass is 273 g/mol. The molecule has 0 bridgehead atoms. The lowest BCUT2D eigenvalue weighted by Crippen LogP contribution is -2.05. The molecule has 4 heteroatoms. The van der Waals surface area contributed by atoms with Crippen molar-refractivity contribution in [2.45, 2.75) is 37.5 Å². The van der Waals surface area contributed by atoms with Gasteiger partial charge in [0, 0.05) is 17.2 Å². The number of anilines is 1. The maximum Gasteiger partial charge on any atom is 0.134 e. The Labute approximate surface area is 118 Å². The van der Waals surface area contributed by atoms with Crippen LogP contribution < -0.4 is 5.73 Å². The van der Waals surface area contributed by atoms with E-state index in [2.05, 4.69) is 48.1 Å². The van der Waals surface area contributed by atoms with E-state index in [-0.39, 0.29) is 0 Å². The first-order valence-corrected chi connectivity index (χ1v) is 7.37. The lowest BCUT2D eigenvalue weighted by atomic mass is 10.2. The summed E-state index contributed by atoms with van der Waals surface area (Å²) in [7, 11) is 0. The van der Waals surface area contributed by atoms with Crippen molar-refractivity contribution in [1.29, 1.82) is 0 Å². The number of benzene rings is 1. The highest BCUT2D eigenvalue weighted by Crippen LogP contribution is 2.28. The normalized spacial score (nSPS) is 10.9. The van der Waals surface area contributed by atoms with Gasteiger partial charge in [0.25, 0.3) is 0 Å². The predicted molar refractivity (Wildman–Crippen MR) is 81.3 cm³/mol. The molecule has 0 unspecified atom stereocenters. The summed E-state index contributed by atoms with van der Waals surface area (Å²) in [5, 5.41) is 0.986. The molecule has 0 radical (unpaired) electrons. The molecule has 0 aliphatic rings. The zero-order chi connectivity index (χ0) is 13.8. The van der Waals surface area contributed by atoms with Gasteiger partial charge in [-0.1, -0.05) is 44.2 Å². The Bertz CT molecular complexity index is 553. The van der Waals surface area contributed by atoms with Crippen LogP contribution in [0.4, 0.5) is 5.82 Å². The third kappa shape index (κ3) is 3.47. The molecule has 3 nitrogen and oxygen atoms in total. The van der Waals surface area contributed by atoms with Crippen molar-refractivity contribution >= 4 is 17.6 Å². The third-order valence-corrected chi connectivity index (χ3v) is 4.04. The summed E-state index contributed by atoms with van der Waals surface area (Å²) in [5.41, 5.74) is 8.23. The fourth-order valence-corrected chi connectivity index (χ4v) is 2.63. The van der Waals surface area contributed by atoms with Gasteiger partial charge in [0.15, 0.2) is 0 Å². The van der Waals surface area contributed by atoms with E-state index < -0.39 is 0 Å². The molecule has 0 saturated carbocycles. The largest absolute Gasteiger partial charge is 0.383 e. The molecule has 1 aromatic heterocycles. The highest BCUT2D eigenvalue weighted by atomic mass is 32.2. The smallest absolute Gasteiger partial charge is 0.134 e. The van der Waals surface area contributed by atoms with Crippen LogP contribution >= 0.6 is 11.8 Å². The van der Waals surface area contributed by atoms with Gasteiger partial charge >= 0.3 is 0 Å². The third-order valence-electron chi connectivity index (χ3n) is 2.89. The van der Waals surface area contributed by atoms with Gasteiger partial charge < -0.3 is 5.73 Å². The van der Waals surface area contributed by atoms with Crippen molar-refractivity contribution in [2.75, 3.05) is 5.73 Å². The van der Waals surface area contributed by atoms with Crippen molar-refractivity contribution in [2.24, 2.45) is 0 Å². The Hall–Kier alpha value is -1.55. The highest BCUT2D eigenvalue weighted by Gasteiger charge is 2.11. The minimum absolute atomic E-state index is 0.291. The quantitative estimate of drug-likeness (QED) is 0.680. The van der Waals surface area contributed by atoms with Gasteiger partial charge in [0.1, 0.15) is 16.7 Å². The first-order chi connectivity index (χ1) is 9.08. The number of nitrogen functional groups attached to an aromatic ring is 1. The predicted octanol–water partition coefficient (Wildman–Crippen LogP) is 3.78. The molecule has 0 fully saturated rings. The molecule has 2 aromatic rings. The molecule has 1 heterocycles. The molecule has 0 spiro atoms. The highest BCUT2D eigenvalue weighted by molar-refractivity contribution is 7.98. The van der Waals surface area contributed by atoms with Crippen LogP contribution in [0.15, 0.2) is 35.4 Å². The second-order valence-electron chi connectivity index (χ2n) is 4.83. The lowest BCUT2D eigenvalue weighted by Gasteiger charge is -2.11. The summed E-state index contributed by atoms with van der Waals surface area (Å²) >= 11 is 1.71. The number of thioether (sulfide) groups is 1. The standard InChI is InChI=1S/C15H19N3S/c1-10(2)14-17-13(16)11(3)15(18-14)19-9-12-7-5-4-6-8-12/h4-8,10H,9H2,1-3H3,(H2,16,17,18). The summed E-state index contributed by atoms with van der Waals surface area (Å²) in [6, 6.07) is 10.4. The summed E-state index contributed by atoms with van der Waals surface area (Å²) < 4.78 is 0. The summed E-state index contributed by atoms with van der Waals surface area (Å²) in [4.78, 5) is 8.96. The maximum absolute atomic E-state index is 5.96. The van der Waals surface area contributed by atoms with Crippen molar-refractivity contribution in [3.05, 3.63) is 47.3 Å². The second-order valence-corrected chi connectivity index (χ2v) is 5.79. The Morgan fingerprint density at radius 1 is 1.16 bits per heavy atom. The number of hydrogen-bond acceptors (Lipinski definition) is 4. The van der Waals surface area contributed by atoms with Gasteiger partial charge in [0.05, 0.1) is 0 Å². The minimum Gasteiger partial charge on any atom is -0.383 e. The SMILES string of the molecule is Cc1c(N)nc(C(C)C)nc1SCc1ccccc1. The Kier molecular flexibility index (Phi) is 4.43. The number of hydrogen-bond donors (Lipinski definition) is 1. The van der Waals surface area contributed by atoms with E-state index in [4.69, 9.17) is 5.73 Å². The van der Waals surface area contributed by atoms with Crippen LogP contribution in [0.1, 0.15) is 36.7 Å². The molecular weight excluding hydrogens is 254 g/mol. The lowest BCUT2D eigenvalue weighted by molar-refractivity contribution is 0.751. The van der Waals surface area contributed by atoms with Gasteiger partial charge in [-0.2, -0.15) is 0 Å². The van der Waals surface area contributed by atoms with E-state index >= 15 is 0 Å². The van der Waals surface area contributed by atoms with Crippen LogP contribution in [0.5, 0.6) is 0 Å². The van der Waals surface area contributed by atoms with E-state index in [1.807, 2.05) is 13.0 Å². The first kappa shape index (κ1) is 13.9. The molecule has 2 rings (SSSR count). The number of nitrogens with zero attached hydrogens (tertiary/aromatic N) is 2. The fraction of sp³-hybridized carbons (Fsp3) is 0.333. The molecule has 0 atom stereocenters. The molecule has 0 aliphatic carbocycles. The van der Waals surface area contributed by atoms with E-state index in [0.29, 0.717) is 11.7 Å². The van der Waals surface area contributed by atoms with Crippen molar-refractivity contribution in [1.82, 2.24) is 9.97 Å². The van der Waals surface area contributed by atoms with Gasteiger partial charge in [-0.15, -0.1) is 11.8 Å². The summed E-state index contributed by atoms with van der Waals surface area (Å²) in [5.74, 6) is 2.60. The number of rotatable bonds is 4. The number of aromatic nitrogens is 2. The summed E-state index contributed by atoms with van der Waals surface area (Å²) in [6.45, 7) is 6.14. The van der Waals surface area contributed by atoms with E-state index in [1.165, 1.54) is 5.56 Å². The average Bonchev–Trinajstić information content (AvgIpc) is 2.41. The van der Waals surface area contributed by atoms with Crippen molar-refractivity contribution in [3.63, 3.8) is 0 Å². The van der Waals surface area contributed by atoms with Crippen LogP contribution in [-0.4, -0.2) is 9.97 Å². The number of nitrogens with two attached hydrogens (primary N) is 1. The van der Waals surface area contributed by atoms with E-state index in [0.717, 1.165) is 22.2 Å². The Balaban J connectivity index is 2.20. The molecule has 0 amide bonds. The van der Waals surface area contributed by atoms with E-state index in [9.17, 15) is 0 Å². The van der Waals surface area contributed by atoms with E-state index in [1.54, 1.807) is 11.8 Å². The zero-order valence-corrected chi connectivity index (χ0v) is 12.4. The molecule has 0 aliphatic heterocycles. The zero-order valence-electron chi connectivity index (χ0n) is 11.6. The molecular formula is C15H19N3S. The molecule has 1 aromatic carbocycles. The van der Waals surface area contributed by atoms with Gasteiger partial charge in [-0.25, -0.2) is 9.97 Å². The molecule has 19 heavy (non-hydrogen) atoms. The summed E-state index contributed by atoms with van der Waals surface area (Å²) in [6.07, 6.45) is 0. The second kappa shape index (κ2) is 6.06. The average molecular weight is 273 g/mol.